The van der Waals surface area contributed by atoms with Crippen molar-refractivity contribution in [3.8, 4) is 5.75 Å². The van der Waals surface area contributed by atoms with Gasteiger partial charge >= 0.3 is 0 Å². The van der Waals surface area contributed by atoms with E-state index in [0.29, 0.717) is 30.2 Å². The average Bonchev–Trinajstić information content (AvgIpc) is 3.27. The molecule has 0 spiro atoms. The quantitative estimate of drug-likeness (QED) is 0.604. The second-order valence-corrected chi connectivity index (χ2v) is 9.68. The van der Waals surface area contributed by atoms with Crippen molar-refractivity contribution in [1.29, 1.82) is 0 Å². The van der Waals surface area contributed by atoms with E-state index in [2.05, 4.69) is 0 Å². The number of hydrogen-bond acceptors (Lipinski definition) is 5. The number of hydrogen-bond donors (Lipinski definition) is 0. The molecule has 0 unspecified atom stereocenters. The minimum atomic E-state index is -3.08. The van der Waals surface area contributed by atoms with Crippen LogP contribution >= 0.6 is 11.6 Å². The monoisotopic (exact) mass is 425 g/mol. The van der Waals surface area contributed by atoms with Crippen LogP contribution in [0.3, 0.4) is 0 Å². The summed E-state index contributed by atoms with van der Waals surface area (Å²) in [6, 6.07) is 8.64. The standard InChI is InChI=1S/C20H24ClNO5S/c1-15-12-16(21)6-7-19(15)27-10-3-5-20(23)22(13-18-4-2-9-26-18)17-8-11-28(24,25)14-17/h2,4,6-7,9,12,17H,3,5,8,10-11,13-14H2,1H3/t17-/m1/s1. The molecule has 1 amide bonds. The molecule has 1 fully saturated rings. The predicted molar refractivity (Wildman–Crippen MR) is 107 cm³/mol. The van der Waals surface area contributed by atoms with Gasteiger partial charge in [0.25, 0.3) is 0 Å². The van der Waals surface area contributed by atoms with Crippen molar-refractivity contribution in [2.24, 2.45) is 0 Å². The van der Waals surface area contributed by atoms with Gasteiger partial charge in [-0.2, -0.15) is 0 Å². The summed E-state index contributed by atoms with van der Waals surface area (Å²) in [7, 11) is -3.08. The Hall–Kier alpha value is -1.99. The van der Waals surface area contributed by atoms with E-state index in [4.69, 9.17) is 20.8 Å². The van der Waals surface area contributed by atoms with Crippen LogP contribution in [0.15, 0.2) is 41.0 Å². The smallest absolute Gasteiger partial charge is 0.223 e. The number of amides is 1. The van der Waals surface area contributed by atoms with Crippen molar-refractivity contribution in [2.45, 2.75) is 38.8 Å². The summed E-state index contributed by atoms with van der Waals surface area (Å²) < 4.78 is 34.8. The van der Waals surface area contributed by atoms with E-state index in [9.17, 15) is 13.2 Å². The van der Waals surface area contributed by atoms with E-state index in [1.54, 1.807) is 29.4 Å². The topological polar surface area (TPSA) is 76.8 Å². The van der Waals surface area contributed by atoms with Crippen molar-refractivity contribution in [1.82, 2.24) is 4.90 Å². The molecule has 152 valence electrons. The molecule has 1 aliphatic heterocycles. The Balaban J connectivity index is 1.56. The molecule has 0 aliphatic carbocycles. The second-order valence-electron chi connectivity index (χ2n) is 7.02. The van der Waals surface area contributed by atoms with Gasteiger partial charge in [-0.05, 0) is 55.7 Å². The number of carbonyl (C=O) groups is 1. The van der Waals surface area contributed by atoms with Gasteiger partial charge in [0.15, 0.2) is 9.84 Å². The fourth-order valence-corrected chi connectivity index (χ4v) is 5.29. The number of halogens is 1. The highest BCUT2D eigenvalue weighted by atomic mass is 35.5. The zero-order chi connectivity index (χ0) is 20.1. The van der Waals surface area contributed by atoms with Crippen LogP contribution in [-0.4, -0.2) is 43.4 Å². The van der Waals surface area contributed by atoms with Gasteiger partial charge in [0.2, 0.25) is 5.91 Å². The molecule has 8 heteroatoms. The molecule has 0 N–H and O–H groups in total. The Morgan fingerprint density at radius 3 is 2.82 bits per heavy atom. The molecule has 1 aromatic carbocycles. The lowest BCUT2D eigenvalue weighted by atomic mass is 10.1. The lowest BCUT2D eigenvalue weighted by Gasteiger charge is -2.27. The first-order valence-electron chi connectivity index (χ1n) is 9.25. The van der Waals surface area contributed by atoms with Crippen LogP contribution in [0.25, 0.3) is 0 Å². The Bertz CT molecular complexity index is 911. The van der Waals surface area contributed by atoms with Gasteiger partial charge in [-0.25, -0.2) is 8.42 Å². The van der Waals surface area contributed by atoms with E-state index < -0.39 is 9.84 Å². The number of aryl methyl sites for hydroxylation is 1. The molecule has 0 radical (unpaired) electrons. The predicted octanol–water partition coefficient (Wildman–Crippen LogP) is 3.62. The van der Waals surface area contributed by atoms with Crippen molar-refractivity contribution in [2.75, 3.05) is 18.1 Å². The fraction of sp³-hybridized carbons (Fsp3) is 0.450. The molecule has 6 nitrogen and oxygen atoms in total. The Morgan fingerprint density at radius 2 is 2.18 bits per heavy atom. The van der Waals surface area contributed by atoms with Gasteiger partial charge < -0.3 is 14.1 Å². The number of furan rings is 1. The Labute approximate surface area is 170 Å². The van der Waals surface area contributed by atoms with Crippen LogP contribution in [0.1, 0.15) is 30.6 Å². The van der Waals surface area contributed by atoms with E-state index >= 15 is 0 Å². The number of rotatable bonds is 8. The van der Waals surface area contributed by atoms with Crippen LogP contribution in [-0.2, 0) is 21.2 Å². The fourth-order valence-electron chi connectivity index (χ4n) is 3.34. The van der Waals surface area contributed by atoms with Crippen molar-refractivity contribution in [3.63, 3.8) is 0 Å². The maximum atomic E-state index is 12.8. The highest BCUT2D eigenvalue weighted by Crippen LogP contribution is 2.23. The number of sulfone groups is 1. The summed E-state index contributed by atoms with van der Waals surface area (Å²) in [6.45, 7) is 2.59. The van der Waals surface area contributed by atoms with E-state index in [1.165, 1.54) is 0 Å². The maximum absolute atomic E-state index is 12.8. The Kier molecular flexibility index (Phi) is 6.67. The van der Waals surface area contributed by atoms with Crippen molar-refractivity contribution < 1.29 is 22.4 Å². The third kappa shape index (κ3) is 5.52. The first kappa shape index (κ1) is 20.7. The van der Waals surface area contributed by atoms with Crippen molar-refractivity contribution >= 4 is 27.3 Å². The third-order valence-corrected chi connectivity index (χ3v) is 6.79. The second kappa shape index (κ2) is 9.01. The van der Waals surface area contributed by atoms with Crippen LogP contribution in [0, 0.1) is 6.92 Å². The number of ether oxygens (including phenoxy) is 1. The molecule has 1 aromatic heterocycles. The molecule has 0 bridgehead atoms. The normalized spacial score (nSPS) is 18.1. The highest BCUT2D eigenvalue weighted by molar-refractivity contribution is 7.91. The van der Waals surface area contributed by atoms with Gasteiger partial charge in [0.1, 0.15) is 11.5 Å². The molecule has 1 aliphatic rings. The minimum Gasteiger partial charge on any atom is -0.493 e. The third-order valence-electron chi connectivity index (χ3n) is 4.81. The summed E-state index contributed by atoms with van der Waals surface area (Å²) in [5, 5.41) is 0.653. The average molecular weight is 426 g/mol. The van der Waals surface area contributed by atoms with Crippen LogP contribution in [0.4, 0.5) is 0 Å². The summed E-state index contributed by atoms with van der Waals surface area (Å²) in [4.78, 5) is 14.4. The van der Waals surface area contributed by atoms with Gasteiger partial charge in [-0.3, -0.25) is 4.79 Å². The lowest BCUT2D eigenvalue weighted by molar-refractivity contribution is -0.134. The molecule has 1 atom stereocenters. The van der Waals surface area contributed by atoms with E-state index in [0.717, 1.165) is 11.3 Å². The molecular formula is C20H24ClNO5S. The SMILES string of the molecule is Cc1cc(Cl)ccc1OCCCC(=O)N(Cc1ccco1)[C@@H]1CCS(=O)(=O)C1. The molecule has 2 aromatic rings. The maximum Gasteiger partial charge on any atom is 0.223 e. The zero-order valence-corrected chi connectivity index (χ0v) is 17.3. The van der Waals surface area contributed by atoms with Gasteiger partial charge in [0.05, 0.1) is 30.9 Å². The Morgan fingerprint density at radius 1 is 1.36 bits per heavy atom. The molecule has 0 saturated carbocycles. The highest BCUT2D eigenvalue weighted by Gasteiger charge is 2.34. The van der Waals surface area contributed by atoms with Gasteiger partial charge in [0, 0.05) is 17.5 Å². The number of benzene rings is 1. The number of nitrogens with zero attached hydrogens (tertiary/aromatic N) is 1. The largest absolute Gasteiger partial charge is 0.493 e. The van der Waals surface area contributed by atoms with E-state index in [1.807, 2.05) is 19.1 Å². The summed E-state index contributed by atoms with van der Waals surface area (Å²) >= 11 is 5.94. The van der Waals surface area contributed by atoms with Crippen LogP contribution in [0.2, 0.25) is 5.02 Å². The lowest BCUT2D eigenvalue weighted by Crippen LogP contribution is -2.40. The summed E-state index contributed by atoms with van der Waals surface area (Å²) in [6.07, 6.45) is 2.83. The summed E-state index contributed by atoms with van der Waals surface area (Å²) in [5.41, 5.74) is 0.939. The molecule has 3 rings (SSSR count). The van der Waals surface area contributed by atoms with E-state index in [-0.39, 0.29) is 36.4 Å². The van der Waals surface area contributed by atoms with Gasteiger partial charge in [-0.1, -0.05) is 11.6 Å². The first-order chi connectivity index (χ1) is 13.3. The van der Waals surface area contributed by atoms with Crippen molar-refractivity contribution in [3.05, 3.63) is 52.9 Å². The molecule has 2 heterocycles. The molecular weight excluding hydrogens is 402 g/mol. The number of carbonyl (C=O) groups excluding carboxylic acids is 1. The molecule has 28 heavy (non-hydrogen) atoms. The minimum absolute atomic E-state index is 0.0138. The summed E-state index contributed by atoms with van der Waals surface area (Å²) in [5.74, 6) is 1.44. The van der Waals surface area contributed by atoms with Crippen LogP contribution < -0.4 is 4.74 Å². The zero-order valence-electron chi connectivity index (χ0n) is 15.8. The van der Waals surface area contributed by atoms with Gasteiger partial charge in [-0.15, -0.1) is 0 Å². The van der Waals surface area contributed by atoms with Crippen LogP contribution in [0.5, 0.6) is 5.75 Å². The first-order valence-corrected chi connectivity index (χ1v) is 11.5. The molecule has 1 saturated heterocycles.